The normalized spacial score (nSPS) is 42.5. The molecule has 0 aromatic heterocycles. The summed E-state index contributed by atoms with van der Waals surface area (Å²) in [5.41, 5.74) is 0. The lowest BCUT2D eigenvalue weighted by Crippen LogP contribution is -2.41. The topological polar surface area (TPSA) is 24.1 Å². The van der Waals surface area contributed by atoms with Crippen molar-refractivity contribution in [2.45, 2.75) is 90.9 Å². The van der Waals surface area contributed by atoms with Crippen LogP contribution in [0.3, 0.4) is 0 Å². The lowest BCUT2D eigenvalue weighted by atomic mass is 9.91. The van der Waals surface area contributed by atoms with E-state index in [1.165, 1.54) is 32.1 Å². The molecule has 0 radical (unpaired) electrons. The maximum Gasteiger partial charge on any atom is 0.00437 e. The third-order valence-corrected chi connectivity index (χ3v) is 3.92. The van der Waals surface area contributed by atoms with Gasteiger partial charge in [-0.25, -0.2) is 0 Å². The summed E-state index contributed by atoms with van der Waals surface area (Å²) >= 11 is 0. The monoisotopic (exact) mass is 240 g/mol. The summed E-state index contributed by atoms with van der Waals surface area (Å²) < 4.78 is 0. The van der Waals surface area contributed by atoms with Gasteiger partial charge in [0.2, 0.25) is 0 Å². The number of hydrogen-bond donors (Lipinski definition) is 2. The van der Waals surface area contributed by atoms with E-state index in [1.807, 2.05) is 0 Å². The molecular formula is C15H32N2. The van der Waals surface area contributed by atoms with E-state index >= 15 is 0 Å². The molecule has 4 atom stereocenters. The Balaban J connectivity index is 0.000000171. The Morgan fingerprint density at radius 3 is 1.35 bits per heavy atom. The molecule has 0 bridgehead atoms. The molecule has 2 heteroatoms. The molecule has 0 aromatic carbocycles. The highest BCUT2D eigenvalue weighted by molar-refractivity contribution is 4.78. The zero-order chi connectivity index (χ0) is 12.8. The van der Waals surface area contributed by atoms with E-state index in [2.05, 4.69) is 45.3 Å². The van der Waals surface area contributed by atoms with Crippen LogP contribution < -0.4 is 10.6 Å². The summed E-state index contributed by atoms with van der Waals surface area (Å²) in [6.45, 7) is 11.4. The number of nitrogens with one attached hydrogen (secondary N) is 2. The Morgan fingerprint density at radius 2 is 1.06 bits per heavy atom. The second-order valence-electron chi connectivity index (χ2n) is 6.45. The van der Waals surface area contributed by atoms with Gasteiger partial charge in [-0.2, -0.15) is 0 Å². The largest absolute Gasteiger partial charge is 0.312 e. The van der Waals surface area contributed by atoms with Gasteiger partial charge in [0.15, 0.2) is 0 Å². The Bertz CT molecular complexity index is 172. The second-order valence-corrected chi connectivity index (χ2v) is 6.45. The van der Waals surface area contributed by atoms with Crippen LogP contribution in [0.4, 0.5) is 0 Å². The molecule has 0 aliphatic carbocycles. The molecule has 2 fully saturated rings. The van der Waals surface area contributed by atoms with Crippen LogP contribution in [0.5, 0.6) is 0 Å². The maximum absolute atomic E-state index is 3.51. The van der Waals surface area contributed by atoms with E-state index in [-0.39, 0.29) is 0 Å². The smallest absolute Gasteiger partial charge is 0.00437 e. The van der Waals surface area contributed by atoms with Crippen LogP contribution in [-0.2, 0) is 0 Å². The van der Waals surface area contributed by atoms with E-state index in [1.54, 1.807) is 0 Å². The highest BCUT2D eigenvalue weighted by Crippen LogP contribution is 2.18. The van der Waals surface area contributed by atoms with Crippen LogP contribution in [0.1, 0.15) is 66.7 Å². The predicted molar refractivity (Wildman–Crippen MR) is 76.4 cm³/mol. The minimum atomic E-state index is 0.740. The predicted octanol–water partition coefficient (Wildman–Crippen LogP) is 3.32. The average molecular weight is 240 g/mol. The summed E-state index contributed by atoms with van der Waals surface area (Å²) in [5.74, 6) is 0.927. The first-order chi connectivity index (χ1) is 7.97. The van der Waals surface area contributed by atoms with Crippen molar-refractivity contribution in [1.82, 2.24) is 10.6 Å². The van der Waals surface area contributed by atoms with E-state index in [0.29, 0.717) is 0 Å². The molecule has 4 unspecified atom stereocenters. The van der Waals surface area contributed by atoms with Crippen molar-refractivity contribution in [3.8, 4) is 0 Å². The van der Waals surface area contributed by atoms with Gasteiger partial charge in [0.05, 0.1) is 0 Å². The molecule has 2 rings (SSSR count). The SMILES string of the molecule is CC1CC(C)NC(C)C1.CC1CCCC(C)N1. The summed E-state index contributed by atoms with van der Waals surface area (Å²) in [6, 6.07) is 3.00. The molecular weight excluding hydrogens is 208 g/mol. The standard InChI is InChI=1S/C8H17N.C7H15N/c1-6-4-7(2)9-8(3)5-6;1-6-4-3-5-7(2)8-6/h6-9H,4-5H2,1-3H3;6-8H,3-5H2,1-2H3. The fraction of sp³-hybridized carbons (Fsp3) is 1.00. The van der Waals surface area contributed by atoms with E-state index in [0.717, 1.165) is 30.1 Å². The molecule has 2 N–H and O–H groups in total. The Morgan fingerprint density at radius 1 is 0.647 bits per heavy atom. The molecule has 2 heterocycles. The number of piperidine rings is 2. The van der Waals surface area contributed by atoms with Crippen LogP contribution in [-0.4, -0.2) is 24.2 Å². The van der Waals surface area contributed by atoms with Crippen LogP contribution in [0.2, 0.25) is 0 Å². The van der Waals surface area contributed by atoms with Crippen molar-refractivity contribution in [1.29, 1.82) is 0 Å². The summed E-state index contributed by atoms with van der Waals surface area (Å²) in [5, 5.41) is 6.99. The minimum absolute atomic E-state index is 0.740. The lowest BCUT2D eigenvalue weighted by Gasteiger charge is -2.30. The van der Waals surface area contributed by atoms with Crippen molar-refractivity contribution < 1.29 is 0 Å². The summed E-state index contributed by atoms with van der Waals surface area (Å²) in [6.07, 6.45) is 6.85. The molecule has 17 heavy (non-hydrogen) atoms. The first kappa shape index (κ1) is 15.0. The third kappa shape index (κ3) is 6.42. The summed E-state index contributed by atoms with van der Waals surface area (Å²) in [4.78, 5) is 0. The quantitative estimate of drug-likeness (QED) is 0.679. The van der Waals surface area contributed by atoms with Gasteiger partial charge in [-0.05, 0) is 59.3 Å². The Kier molecular flexibility index (Phi) is 6.50. The first-order valence-corrected chi connectivity index (χ1v) is 7.49. The van der Waals surface area contributed by atoms with Crippen molar-refractivity contribution in [3.05, 3.63) is 0 Å². The Hall–Kier alpha value is -0.0800. The first-order valence-electron chi connectivity index (χ1n) is 7.49. The fourth-order valence-electron chi connectivity index (χ4n) is 3.31. The van der Waals surface area contributed by atoms with Crippen LogP contribution in [0, 0.1) is 5.92 Å². The van der Waals surface area contributed by atoms with Crippen LogP contribution >= 0.6 is 0 Å². The van der Waals surface area contributed by atoms with Crippen LogP contribution in [0.15, 0.2) is 0 Å². The molecule has 0 aromatic rings. The van der Waals surface area contributed by atoms with E-state index < -0.39 is 0 Å². The van der Waals surface area contributed by atoms with Gasteiger partial charge in [-0.1, -0.05) is 13.3 Å². The van der Waals surface area contributed by atoms with Crippen molar-refractivity contribution in [3.63, 3.8) is 0 Å². The second kappa shape index (κ2) is 7.38. The van der Waals surface area contributed by atoms with Crippen molar-refractivity contribution in [2.75, 3.05) is 0 Å². The molecule has 2 aliphatic heterocycles. The zero-order valence-corrected chi connectivity index (χ0v) is 12.4. The fourth-order valence-corrected chi connectivity index (χ4v) is 3.31. The van der Waals surface area contributed by atoms with Gasteiger partial charge < -0.3 is 10.6 Å². The van der Waals surface area contributed by atoms with Gasteiger partial charge in [0.1, 0.15) is 0 Å². The molecule has 0 amide bonds. The highest BCUT2D eigenvalue weighted by atomic mass is 15.0. The van der Waals surface area contributed by atoms with E-state index in [9.17, 15) is 0 Å². The summed E-state index contributed by atoms with van der Waals surface area (Å²) in [7, 11) is 0. The zero-order valence-electron chi connectivity index (χ0n) is 12.4. The van der Waals surface area contributed by atoms with Gasteiger partial charge in [0, 0.05) is 24.2 Å². The van der Waals surface area contributed by atoms with Gasteiger partial charge >= 0.3 is 0 Å². The maximum atomic E-state index is 3.51. The average Bonchev–Trinajstić information content (AvgIpc) is 2.15. The molecule has 102 valence electrons. The van der Waals surface area contributed by atoms with Gasteiger partial charge in [-0.3, -0.25) is 0 Å². The van der Waals surface area contributed by atoms with Gasteiger partial charge in [0.25, 0.3) is 0 Å². The van der Waals surface area contributed by atoms with Crippen molar-refractivity contribution >= 4 is 0 Å². The highest BCUT2D eigenvalue weighted by Gasteiger charge is 2.18. The third-order valence-electron chi connectivity index (χ3n) is 3.92. The minimum Gasteiger partial charge on any atom is -0.312 e. The number of rotatable bonds is 0. The Labute approximate surface area is 108 Å². The van der Waals surface area contributed by atoms with Crippen LogP contribution in [0.25, 0.3) is 0 Å². The van der Waals surface area contributed by atoms with Gasteiger partial charge in [-0.15, -0.1) is 0 Å². The number of hydrogen-bond acceptors (Lipinski definition) is 2. The molecule has 0 saturated carbocycles. The van der Waals surface area contributed by atoms with E-state index in [4.69, 9.17) is 0 Å². The molecule has 2 aliphatic rings. The lowest BCUT2D eigenvalue weighted by molar-refractivity contribution is 0.279. The molecule has 2 saturated heterocycles. The van der Waals surface area contributed by atoms with Crippen molar-refractivity contribution in [2.24, 2.45) is 5.92 Å². The molecule has 2 nitrogen and oxygen atoms in total. The molecule has 0 spiro atoms.